The predicted molar refractivity (Wildman–Crippen MR) is 110 cm³/mol. The molecule has 1 N–H and O–H groups in total. The van der Waals surface area contributed by atoms with Crippen LogP contribution in [0.5, 0.6) is 0 Å². The summed E-state index contributed by atoms with van der Waals surface area (Å²) >= 11 is 0. The number of amides is 1. The Balaban J connectivity index is 1.67. The van der Waals surface area contributed by atoms with Crippen LogP contribution in [-0.2, 0) is 15.6 Å². The molecule has 0 radical (unpaired) electrons. The molecule has 2 aromatic rings. The van der Waals surface area contributed by atoms with Crippen molar-refractivity contribution < 1.29 is 13.2 Å². The van der Waals surface area contributed by atoms with E-state index >= 15 is 0 Å². The quantitative estimate of drug-likeness (QED) is 0.797. The minimum atomic E-state index is -3.52. The van der Waals surface area contributed by atoms with Crippen LogP contribution in [0.4, 0.5) is 0 Å². The van der Waals surface area contributed by atoms with Crippen LogP contribution < -0.4 is 5.32 Å². The molecule has 1 fully saturated rings. The summed E-state index contributed by atoms with van der Waals surface area (Å²) < 4.78 is 25.4. The first-order valence-corrected chi connectivity index (χ1v) is 11.0. The van der Waals surface area contributed by atoms with Gasteiger partial charge in [0.1, 0.15) is 0 Å². The average molecular weight is 402 g/mol. The van der Waals surface area contributed by atoms with Gasteiger partial charge in [-0.15, -0.1) is 0 Å². The van der Waals surface area contributed by atoms with Gasteiger partial charge in [0.15, 0.2) is 9.84 Å². The molecule has 1 amide bonds. The minimum absolute atomic E-state index is 0.0852. The Hall–Kier alpha value is -2.22. The second-order valence-electron chi connectivity index (χ2n) is 7.38. The van der Waals surface area contributed by atoms with Crippen molar-refractivity contribution in [3.05, 3.63) is 65.7 Å². The summed E-state index contributed by atoms with van der Waals surface area (Å²) in [5.41, 5.74) is 1.09. The normalized spacial score (nSPS) is 18.7. The molecule has 1 saturated heterocycles. The smallest absolute Gasteiger partial charge is 0.251 e. The first-order valence-electron chi connectivity index (χ1n) is 9.39. The standard InChI is InChI=1S/C21H27N3O3S/c1-23-11-12-24(2)19(15-23)14-22-21(25)18-9-6-10-20(13-18)28(26,27)16-17-7-4-3-5-8-17/h3-10,13,19H,11-12,14-16H2,1-2H3,(H,22,25). The van der Waals surface area contributed by atoms with Crippen LogP contribution in [0.25, 0.3) is 0 Å². The molecule has 0 spiro atoms. The fraction of sp³-hybridized carbons (Fsp3) is 0.381. The molecule has 7 heteroatoms. The largest absolute Gasteiger partial charge is 0.350 e. The number of likely N-dealkylation sites (N-methyl/N-ethyl adjacent to an activating group) is 2. The second kappa shape index (κ2) is 8.86. The van der Waals surface area contributed by atoms with E-state index in [1.807, 2.05) is 18.2 Å². The molecule has 1 heterocycles. The number of hydrogen-bond acceptors (Lipinski definition) is 5. The minimum Gasteiger partial charge on any atom is -0.350 e. The van der Waals surface area contributed by atoms with Crippen molar-refractivity contribution in [1.29, 1.82) is 0 Å². The molecule has 1 atom stereocenters. The van der Waals surface area contributed by atoms with E-state index < -0.39 is 9.84 Å². The maximum Gasteiger partial charge on any atom is 0.251 e. The molecule has 2 aromatic carbocycles. The third kappa shape index (κ3) is 5.19. The Bertz CT molecular complexity index is 916. The number of rotatable bonds is 6. The van der Waals surface area contributed by atoms with Gasteiger partial charge in [0.25, 0.3) is 5.91 Å². The zero-order valence-corrected chi connectivity index (χ0v) is 17.2. The van der Waals surface area contributed by atoms with Gasteiger partial charge in [-0.2, -0.15) is 0 Å². The highest BCUT2D eigenvalue weighted by Gasteiger charge is 2.23. The maximum absolute atomic E-state index is 12.7. The summed E-state index contributed by atoms with van der Waals surface area (Å²) in [5, 5.41) is 2.95. The number of nitrogens with one attached hydrogen (secondary N) is 1. The summed E-state index contributed by atoms with van der Waals surface area (Å²) in [5.74, 6) is -0.337. The predicted octanol–water partition coefficient (Wildman–Crippen LogP) is 1.64. The molecule has 150 valence electrons. The number of sulfone groups is 1. The van der Waals surface area contributed by atoms with Gasteiger partial charge in [-0.25, -0.2) is 8.42 Å². The van der Waals surface area contributed by atoms with Gasteiger partial charge < -0.3 is 10.2 Å². The third-order valence-corrected chi connectivity index (χ3v) is 6.82. The van der Waals surface area contributed by atoms with Crippen molar-refractivity contribution in [3.63, 3.8) is 0 Å². The molecule has 1 aliphatic rings. The van der Waals surface area contributed by atoms with Crippen molar-refractivity contribution in [2.45, 2.75) is 16.7 Å². The van der Waals surface area contributed by atoms with E-state index in [9.17, 15) is 13.2 Å². The van der Waals surface area contributed by atoms with Crippen LogP contribution in [0.15, 0.2) is 59.5 Å². The van der Waals surface area contributed by atoms with Gasteiger partial charge in [0, 0.05) is 37.8 Å². The van der Waals surface area contributed by atoms with Crippen LogP contribution in [0.1, 0.15) is 15.9 Å². The van der Waals surface area contributed by atoms with Gasteiger partial charge in [-0.1, -0.05) is 36.4 Å². The summed E-state index contributed by atoms with van der Waals surface area (Å²) in [4.78, 5) is 17.2. The number of carbonyl (C=O) groups is 1. The van der Waals surface area contributed by atoms with E-state index in [2.05, 4.69) is 29.2 Å². The Morgan fingerprint density at radius 3 is 2.57 bits per heavy atom. The lowest BCUT2D eigenvalue weighted by atomic mass is 10.1. The fourth-order valence-corrected chi connectivity index (χ4v) is 4.73. The van der Waals surface area contributed by atoms with Crippen molar-refractivity contribution in [2.24, 2.45) is 0 Å². The Morgan fingerprint density at radius 2 is 1.82 bits per heavy atom. The zero-order chi connectivity index (χ0) is 20.1. The maximum atomic E-state index is 12.7. The fourth-order valence-electron chi connectivity index (χ4n) is 3.34. The number of benzene rings is 2. The molecule has 0 aliphatic carbocycles. The monoisotopic (exact) mass is 401 g/mol. The Kier molecular flexibility index (Phi) is 6.49. The molecule has 28 heavy (non-hydrogen) atoms. The van der Waals surface area contributed by atoms with E-state index in [4.69, 9.17) is 0 Å². The van der Waals surface area contributed by atoms with E-state index in [1.54, 1.807) is 30.3 Å². The molecule has 1 aliphatic heterocycles. The lowest BCUT2D eigenvalue weighted by molar-refractivity contribution is 0.0881. The molecule has 0 aromatic heterocycles. The van der Waals surface area contributed by atoms with Crippen molar-refractivity contribution in [2.75, 3.05) is 40.3 Å². The average Bonchev–Trinajstić information content (AvgIpc) is 2.69. The summed E-state index contributed by atoms with van der Waals surface area (Å²) in [6, 6.07) is 15.6. The SMILES string of the molecule is CN1CCN(C)C(CNC(=O)c2cccc(S(=O)(=O)Cc3ccccc3)c2)C1. The highest BCUT2D eigenvalue weighted by Crippen LogP contribution is 2.18. The van der Waals surface area contributed by atoms with Gasteiger partial charge in [0.2, 0.25) is 0 Å². The zero-order valence-electron chi connectivity index (χ0n) is 16.3. The molecule has 0 bridgehead atoms. The lowest BCUT2D eigenvalue weighted by Crippen LogP contribution is -2.54. The number of carbonyl (C=O) groups excluding carboxylic acids is 1. The van der Waals surface area contributed by atoms with Crippen molar-refractivity contribution >= 4 is 15.7 Å². The number of piperazine rings is 1. The lowest BCUT2D eigenvalue weighted by Gasteiger charge is -2.37. The Morgan fingerprint density at radius 1 is 1.07 bits per heavy atom. The van der Waals surface area contributed by atoms with Gasteiger partial charge in [0.05, 0.1) is 10.6 Å². The summed E-state index contributed by atoms with van der Waals surface area (Å²) in [6.45, 7) is 3.40. The highest BCUT2D eigenvalue weighted by atomic mass is 32.2. The number of hydrogen-bond donors (Lipinski definition) is 1. The molecular formula is C21H27N3O3S. The summed E-state index contributed by atoms with van der Waals surface area (Å²) in [7, 11) is 0.613. The third-order valence-electron chi connectivity index (χ3n) is 5.13. The molecular weight excluding hydrogens is 374 g/mol. The molecule has 0 saturated carbocycles. The highest BCUT2D eigenvalue weighted by molar-refractivity contribution is 7.90. The van der Waals surface area contributed by atoms with E-state index in [0.29, 0.717) is 12.1 Å². The first kappa shape index (κ1) is 20.5. The van der Waals surface area contributed by atoms with E-state index in [0.717, 1.165) is 25.2 Å². The van der Waals surface area contributed by atoms with Crippen LogP contribution in [0, 0.1) is 0 Å². The molecule has 6 nitrogen and oxygen atoms in total. The van der Waals surface area contributed by atoms with Gasteiger partial charge >= 0.3 is 0 Å². The second-order valence-corrected chi connectivity index (χ2v) is 9.37. The molecule has 3 rings (SSSR count). The van der Waals surface area contributed by atoms with Gasteiger partial charge in [-0.3, -0.25) is 9.69 Å². The van der Waals surface area contributed by atoms with E-state index in [-0.39, 0.29) is 22.6 Å². The van der Waals surface area contributed by atoms with Crippen LogP contribution in [0.3, 0.4) is 0 Å². The van der Waals surface area contributed by atoms with Crippen LogP contribution in [-0.4, -0.2) is 70.4 Å². The van der Waals surface area contributed by atoms with E-state index in [1.165, 1.54) is 6.07 Å². The van der Waals surface area contributed by atoms with Gasteiger partial charge in [-0.05, 0) is 37.9 Å². The Labute approximate surface area is 167 Å². The molecule has 1 unspecified atom stereocenters. The topological polar surface area (TPSA) is 69.7 Å². The van der Waals surface area contributed by atoms with Crippen molar-refractivity contribution in [1.82, 2.24) is 15.1 Å². The summed E-state index contributed by atoms with van der Waals surface area (Å²) in [6.07, 6.45) is 0. The number of nitrogens with zero attached hydrogens (tertiary/aromatic N) is 2. The van der Waals surface area contributed by atoms with Crippen LogP contribution in [0.2, 0.25) is 0 Å². The first-order chi connectivity index (χ1) is 13.3. The van der Waals surface area contributed by atoms with Crippen molar-refractivity contribution in [3.8, 4) is 0 Å². The van der Waals surface area contributed by atoms with Crippen LogP contribution >= 0.6 is 0 Å².